The Hall–Kier alpha value is -2.22. The second-order valence-corrected chi connectivity index (χ2v) is 8.27. The van der Waals surface area contributed by atoms with Crippen LogP contribution >= 0.6 is 0 Å². The molecule has 0 aromatic carbocycles. The van der Waals surface area contributed by atoms with Gasteiger partial charge in [-0.2, -0.15) is 0 Å². The minimum Gasteiger partial charge on any atom is -0.383 e. The molecule has 8 nitrogen and oxygen atoms in total. The molecule has 0 spiro atoms. The van der Waals surface area contributed by atoms with Crippen LogP contribution in [0.3, 0.4) is 0 Å². The quantitative estimate of drug-likeness (QED) is 0.748. The summed E-state index contributed by atoms with van der Waals surface area (Å²) in [5, 5.41) is 3.13. The molecule has 0 radical (unpaired) electrons. The molecule has 1 unspecified atom stereocenters. The molecule has 160 valence electrons. The smallest absolute Gasteiger partial charge is 0.225 e. The Kier molecular flexibility index (Phi) is 7.05. The zero-order valence-electron chi connectivity index (χ0n) is 18.0. The maximum Gasteiger partial charge on any atom is 0.225 e. The number of hydrogen-bond acceptors (Lipinski definition) is 6. The van der Waals surface area contributed by atoms with E-state index in [4.69, 9.17) is 14.7 Å². The van der Waals surface area contributed by atoms with Crippen LogP contribution < -0.4 is 5.32 Å². The molecule has 1 aromatic rings. The van der Waals surface area contributed by atoms with E-state index >= 15 is 0 Å². The Morgan fingerprint density at radius 2 is 2.00 bits per heavy atom. The van der Waals surface area contributed by atoms with E-state index < -0.39 is 0 Å². The first-order chi connectivity index (χ1) is 13.9. The van der Waals surface area contributed by atoms with Crippen molar-refractivity contribution >= 4 is 17.6 Å². The van der Waals surface area contributed by atoms with Crippen LogP contribution in [0, 0.1) is 5.92 Å². The van der Waals surface area contributed by atoms with Crippen LogP contribution in [-0.4, -0.2) is 78.5 Å². The van der Waals surface area contributed by atoms with Gasteiger partial charge in [0.05, 0.1) is 12.3 Å². The highest BCUT2D eigenvalue weighted by Crippen LogP contribution is 2.32. The molecule has 0 saturated carbocycles. The summed E-state index contributed by atoms with van der Waals surface area (Å²) in [5.41, 5.74) is 0.924. The van der Waals surface area contributed by atoms with Gasteiger partial charge in [-0.05, 0) is 12.8 Å². The van der Waals surface area contributed by atoms with E-state index in [0.29, 0.717) is 26.1 Å². The van der Waals surface area contributed by atoms with Crippen LogP contribution in [0.4, 0.5) is 5.82 Å². The Balaban J connectivity index is 1.72. The van der Waals surface area contributed by atoms with Gasteiger partial charge in [0.15, 0.2) is 0 Å². The van der Waals surface area contributed by atoms with Crippen LogP contribution in [0.5, 0.6) is 0 Å². The Morgan fingerprint density at radius 1 is 1.28 bits per heavy atom. The molecule has 2 amide bonds. The zero-order chi connectivity index (χ0) is 21.0. The number of carbonyl (C=O) groups excluding carboxylic acids is 2. The van der Waals surface area contributed by atoms with Gasteiger partial charge in [0.25, 0.3) is 0 Å². The summed E-state index contributed by atoms with van der Waals surface area (Å²) >= 11 is 0. The third-order valence-electron chi connectivity index (χ3n) is 5.88. The molecule has 1 aromatic heterocycles. The van der Waals surface area contributed by atoms with Gasteiger partial charge in [-0.25, -0.2) is 9.97 Å². The molecule has 0 aliphatic carbocycles. The molecule has 2 aliphatic rings. The summed E-state index contributed by atoms with van der Waals surface area (Å²) < 4.78 is 5.11. The highest BCUT2D eigenvalue weighted by atomic mass is 16.5. The monoisotopic (exact) mass is 403 g/mol. The van der Waals surface area contributed by atoms with Gasteiger partial charge in [-0.15, -0.1) is 0 Å². The minimum atomic E-state index is 0.0305. The molecule has 0 bridgehead atoms. The fraction of sp³-hybridized carbons (Fsp3) is 0.714. The van der Waals surface area contributed by atoms with Crippen molar-refractivity contribution < 1.29 is 14.3 Å². The lowest BCUT2D eigenvalue weighted by Gasteiger charge is -2.32. The summed E-state index contributed by atoms with van der Waals surface area (Å²) in [5.74, 6) is 2.33. The summed E-state index contributed by atoms with van der Waals surface area (Å²) in [4.78, 5) is 38.0. The number of ether oxygens (including phenoxy) is 1. The molecule has 8 heteroatoms. The number of nitrogens with zero attached hydrogens (tertiary/aromatic N) is 4. The van der Waals surface area contributed by atoms with Crippen LogP contribution in [0.25, 0.3) is 0 Å². The Labute approximate surface area is 173 Å². The SMILES string of the molecule is CNc1cc(C2CC(=O)N(CCOC)C2)nc(C2CCN(C(=O)C(C)C)CC2)n1. The largest absolute Gasteiger partial charge is 0.383 e. The summed E-state index contributed by atoms with van der Waals surface area (Å²) in [7, 11) is 3.50. The second kappa shape index (κ2) is 9.52. The number of hydrogen-bond donors (Lipinski definition) is 1. The number of likely N-dealkylation sites (tertiary alicyclic amines) is 2. The Morgan fingerprint density at radius 3 is 2.62 bits per heavy atom. The average molecular weight is 404 g/mol. The van der Waals surface area contributed by atoms with E-state index in [9.17, 15) is 9.59 Å². The van der Waals surface area contributed by atoms with E-state index in [1.54, 1.807) is 7.11 Å². The van der Waals surface area contributed by atoms with E-state index in [1.165, 1.54) is 0 Å². The molecule has 2 aliphatic heterocycles. The van der Waals surface area contributed by atoms with E-state index in [2.05, 4.69) is 5.32 Å². The average Bonchev–Trinajstić information content (AvgIpc) is 3.11. The number of methoxy groups -OCH3 is 1. The van der Waals surface area contributed by atoms with E-state index in [-0.39, 0.29) is 29.6 Å². The molecule has 2 fully saturated rings. The van der Waals surface area contributed by atoms with Crippen LogP contribution in [0.2, 0.25) is 0 Å². The van der Waals surface area contributed by atoms with Crippen molar-refractivity contribution in [3.63, 3.8) is 0 Å². The zero-order valence-corrected chi connectivity index (χ0v) is 18.0. The molecule has 1 N–H and O–H groups in total. The maximum atomic E-state index is 12.3. The van der Waals surface area contributed by atoms with Gasteiger partial charge >= 0.3 is 0 Å². The van der Waals surface area contributed by atoms with Crippen LogP contribution in [0.1, 0.15) is 56.5 Å². The summed E-state index contributed by atoms with van der Waals surface area (Å²) in [6, 6.07) is 1.96. The molecular formula is C21H33N5O3. The lowest BCUT2D eigenvalue weighted by Crippen LogP contribution is -2.40. The Bertz CT molecular complexity index is 731. The number of rotatable bonds is 7. The third kappa shape index (κ3) is 5.04. The third-order valence-corrected chi connectivity index (χ3v) is 5.88. The minimum absolute atomic E-state index is 0.0305. The number of anilines is 1. The first-order valence-electron chi connectivity index (χ1n) is 10.5. The molecule has 3 heterocycles. The molecule has 3 rings (SSSR count). The number of amides is 2. The van der Waals surface area contributed by atoms with Gasteiger partial charge < -0.3 is 19.9 Å². The highest BCUT2D eigenvalue weighted by molar-refractivity contribution is 5.79. The summed E-state index contributed by atoms with van der Waals surface area (Å²) in [6.07, 6.45) is 2.22. The second-order valence-electron chi connectivity index (χ2n) is 8.27. The van der Waals surface area contributed by atoms with Crippen molar-refractivity contribution in [2.45, 2.75) is 44.9 Å². The van der Waals surface area contributed by atoms with Gasteiger partial charge in [-0.3, -0.25) is 9.59 Å². The lowest BCUT2D eigenvalue weighted by atomic mass is 9.94. The number of aromatic nitrogens is 2. The van der Waals surface area contributed by atoms with Crippen molar-refractivity contribution in [1.82, 2.24) is 19.8 Å². The van der Waals surface area contributed by atoms with E-state index in [0.717, 1.165) is 43.3 Å². The number of carbonyl (C=O) groups is 2. The van der Waals surface area contributed by atoms with Crippen molar-refractivity contribution in [3.05, 3.63) is 17.6 Å². The first-order valence-corrected chi connectivity index (χ1v) is 10.5. The van der Waals surface area contributed by atoms with Gasteiger partial charge in [0.1, 0.15) is 11.6 Å². The summed E-state index contributed by atoms with van der Waals surface area (Å²) in [6.45, 7) is 7.21. The lowest BCUT2D eigenvalue weighted by molar-refractivity contribution is -0.135. The number of nitrogens with one attached hydrogen (secondary N) is 1. The van der Waals surface area contributed by atoms with Crippen molar-refractivity contribution in [2.24, 2.45) is 5.92 Å². The van der Waals surface area contributed by atoms with Crippen LogP contribution in [-0.2, 0) is 14.3 Å². The fourth-order valence-electron chi connectivity index (χ4n) is 4.12. The normalized spacial score (nSPS) is 20.6. The predicted octanol–water partition coefficient (Wildman–Crippen LogP) is 1.84. The fourth-order valence-corrected chi connectivity index (χ4v) is 4.12. The van der Waals surface area contributed by atoms with Gasteiger partial charge in [-0.1, -0.05) is 13.8 Å². The molecule has 1 atom stereocenters. The predicted molar refractivity (Wildman–Crippen MR) is 111 cm³/mol. The first kappa shape index (κ1) is 21.5. The molecular weight excluding hydrogens is 370 g/mol. The van der Waals surface area contributed by atoms with Crippen molar-refractivity contribution in [3.8, 4) is 0 Å². The van der Waals surface area contributed by atoms with Crippen LogP contribution in [0.15, 0.2) is 6.07 Å². The standard InChI is InChI=1S/C21H33N5O3/c1-14(2)21(28)25-7-5-15(6-8-25)20-23-17(12-18(22-3)24-20)16-11-19(27)26(13-16)9-10-29-4/h12,14-16H,5-11,13H2,1-4H3,(H,22,23,24). The van der Waals surface area contributed by atoms with Gasteiger partial charge in [0, 0.05) is 70.6 Å². The van der Waals surface area contributed by atoms with Crippen molar-refractivity contribution in [2.75, 3.05) is 52.3 Å². The molecule has 2 saturated heterocycles. The van der Waals surface area contributed by atoms with Crippen molar-refractivity contribution in [1.29, 1.82) is 0 Å². The maximum absolute atomic E-state index is 12.3. The van der Waals surface area contributed by atoms with Gasteiger partial charge in [0.2, 0.25) is 11.8 Å². The highest BCUT2D eigenvalue weighted by Gasteiger charge is 2.33. The van der Waals surface area contributed by atoms with E-state index in [1.807, 2.05) is 36.8 Å². The number of piperidine rings is 1. The molecule has 29 heavy (non-hydrogen) atoms. The topological polar surface area (TPSA) is 87.7 Å².